The highest BCUT2D eigenvalue weighted by atomic mass is 19.1. The van der Waals surface area contributed by atoms with E-state index >= 15 is 0 Å². The zero-order chi connectivity index (χ0) is 19.2. The third-order valence-corrected chi connectivity index (χ3v) is 4.24. The average Bonchev–Trinajstić information content (AvgIpc) is 3.15. The smallest absolute Gasteiger partial charge is 0.341 e. The Morgan fingerprint density at radius 2 is 1.93 bits per heavy atom. The van der Waals surface area contributed by atoms with Gasteiger partial charge >= 0.3 is 5.97 Å². The summed E-state index contributed by atoms with van der Waals surface area (Å²) in [7, 11) is 0. The van der Waals surface area contributed by atoms with Crippen LogP contribution in [-0.2, 0) is 4.79 Å². The van der Waals surface area contributed by atoms with Crippen LogP contribution in [-0.4, -0.2) is 29.7 Å². The number of rotatable bonds is 7. The van der Waals surface area contributed by atoms with Crippen LogP contribution in [0.2, 0.25) is 0 Å². The second kappa shape index (κ2) is 8.53. The molecule has 7 heteroatoms. The molecule has 2 aromatic rings. The number of benzene rings is 2. The normalized spacial score (nSPS) is 14.0. The van der Waals surface area contributed by atoms with Gasteiger partial charge in [0.05, 0.1) is 6.10 Å². The molecule has 6 nitrogen and oxygen atoms in total. The van der Waals surface area contributed by atoms with E-state index in [4.69, 9.17) is 14.6 Å². The zero-order valence-corrected chi connectivity index (χ0v) is 14.6. The molecule has 0 aliphatic heterocycles. The molecular weight excluding hydrogens is 353 g/mol. The maximum absolute atomic E-state index is 14.2. The number of ether oxygens (including phenoxy) is 2. The number of anilines is 1. The van der Waals surface area contributed by atoms with Gasteiger partial charge in [-0.2, -0.15) is 0 Å². The van der Waals surface area contributed by atoms with Crippen LogP contribution in [0.15, 0.2) is 42.5 Å². The Hall–Kier alpha value is -3.09. The van der Waals surface area contributed by atoms with Crippen molar-refractivity contribution < 1.29 is 28.6 Å². The van der Waals surface area contributed by atoms with E-state index in [2.05, 4.69) is 5.32 Å². The maximum atomic E-state index is 14.2. The minimum absolute atomic E-state index is 0.0495. The van der Waals surface area contributed by atoms with Crippen molar-refractivity contribution in [2.45, 2.75) is 31.8 Å². The van der Waals surface area contributed by atoms with Gasteiger partial charge in [0.1, 0.15) is 5.75 Å². The minimum atomic E-state index is -1.11. The number of carbonyl (C=O) groups is 2. The van der Waals surface area contributed by atoms with Crippen molar-refractivity contribution in [3.8, 4) is 11.5 Å². The fourth-order valence-electron chi connectivity index (χ4n) is 2.94. The Morgan fingerprint density at radius 3 is 2.63 bits per heavy atom. The van der Waals surface area contributed by atoms with Crippen molar-refractivity contribution in [2.75, 3.05) is 11.9 Å². The Bertz CT molecular complexity index is 833. The van der Waals surface area contributed by atoms with Crippen LogP contribution in [0, 0.1) is 5.82 Å². The molecule has 0 saturated heterocycles. The fourth-order valence-corrected chi connectivity index (χ4v) is 2.94. The molecule has 0 aromatic heterocycles. The number of hydrogen-bond acceptors (Lipinski definition) is 4. The van der Waals surface area contributed by atoms with Gasteiger partial charge in [-0.15, -0.1) is 0 Å². The number of carboxylic acids is 1. The lowest BCUT2D eigenvalue weighted by Gasteiger charge is -2.14. The standard InChI is InChI=1S/C20H20FNO5/c21-17-11-14(8-9-18(17)27-15-5-1-2-6-15)22-20(25)13-4-3-7-16(10-13)26-12-19(23)24/h3-4,7-11,15H,1-2,5-6,12H2,(H,22,25)(H,23,24). The van der Waals surface area contributed by atoms with E-state index in [1.807, 2.05) is 0 Å². The van der Waals surface area contributed by atoms with E-state index in [0.29, 0.717) is 5.69 Å². The van der Waals surface area contributed by atoms with Crippen LogP contribution in [0.4, 0.5) is 10.1 Å². The summed E-state index contributed by atoms with van der Waals surface area (Å²) in [5.74, 6) is -1.65. The number of nitrogens with one attached hydrogen (secondary N) is 1. The topological polar surface area (TPSA) is 84.9 Å². The summed E-state index contributed by atoms with van der Waals surface area (Å²) < 4.78 is 25.0. The van der Waals surface area contributed by atoms with Crippen molar-refractivity contribution in [1.82, 2.24) is 0 Å². The lowest BCUT2D eigenvalue weighted by Crippen LogP contribution is -2.14. The molecule has 1 aliphatic rings. The van der Waals surface area contributed by atoms with Crippen molar-refractivity contribution in [3.63, 3.8) is 0 Å². The van der Waals surface area contributed by atoms with Crippen LogP contribution in [0.3, 0.4) is 0 Å². The number of halogens is 1. The molecule has 0 heterocycles. The Kier molecular flexibility index (Phi) is 5.90. The Balaban J connectivity index is 1.64. The highest BCUT2D eigenvalue weighted by Crippen LogP contribution is 2.28. The van der Waals surface area contributed by atoms with Gasteiger partial charge in [-0.25, -0.2) is 9.18 Å². The van der Waals surface area contributed by atoms with Gasteiger partial charge in [-0.3, -0.25) is 4.79 Å². The second-order valence-corrected chi connectivity index (χ2v) is 6.33. The predicted octanol–water partition coefficient (Wildman–Crippen LogP) is 3.86. The molecule has 0 unspecified atom stereocenters. The van der Waals surface area contributed by atoms with Crippen molar-refractivity contribution in [1.29, 1.82) is 0 Å². The van der Waals surface area contributed by atoms with Gasteiger partial charge in [-0.05, 0) is 56.0 Å². The van der Waals surface area contributed by atoms with Gasteiger partial charge in [0.25, 0.3) is 5.91 Å². The molecule has 2 N–H and O–H groups in total. The van der Waals surface area contributed by atoms with Gasteiger partial charge < -0.3 is 19.9 Å². The number of carbonyl (C=O) groups excluding carboxylic acids is 1. The monoisotopic (exact) mass is 373 g/mol. The summed E-state index contributed by atoms with van der Waals surface area (Å²) in [6, 6.07) is 10.4. The summed E-state index contributed by atoms with van der Waals surface area (Å²) in [5, 5.41) is 11.2. The van der Waals surface area contributed by atoms with Crippen molar-refractivity contribution in [2.24, 2.45) is 0 Å². The summed E-state index contributed by atoms with van der Waals surface area (Å²) in [5.41, 5.74) is 0.567. The van der Waals surface area contributed by atoms with E-state index < -0.39 is 24.3 Å². The van der Waals surface area contributed by atoms with Gasteiger partial charge in [-0.1, -0.05) is 6.07 Å². The van der Waals surface area contributed by atoms with E-state index in [-0.39, 0.29) is 23.2 Å². The van der Waals surface area contributed by atoms with E-state index in [0.717, 1.165) is 25.7 Å². The summed E-state index contributed by atoms with van der Waals surface area (Å²) in [6.07, 6.45) is 4.09. The molecule has 1 fully saturated rings. The third-order valence-electron chi connectivity index (χ3n) is 4.24. The zero-order valence-electron chi connectivity index (χ0n) is 14.6. The molecule has 0 radical (unpaired) electrons. The minimum Gasteiger partial charge on any atom is -0.487 e. The molecule has 0 atom stereocenters. The van der Waals surface area contributed by atoms with E-state index in [1.165, 1.54) is 18.2 Å². The number of amides is 1. The Morgan fingerprint density at radius 1 is 1.15 bits per heavy atom. The largest absolute Gasteiger partial charge is 0.487 e. The predicted molar refractivity (Wildman–Crippen MR) is 96.8 cm³/mol. The van der Waals surface area contributed by atoms with Crippen LogP contribution < -0.4 is 14.8 Å². The maximum Gasteiger partial charge on any atom is 0.341 e. The van der Waals surface area contributed by atoms with Gasteiger partial charge in [0, 0.05) is 17.3 Å². The van der Waals surface area contributed by atoms with Crippen LogP contribution in [0.25, 0.3) is 0 Å². The number of aliphatic carboxylic acids is 1. The number of hydrogen-bond donors (Lipinski definition) is 2. The first kappa shape index (κ1) is 18.7. The van der Waals surface area contributed by atoms with E-state index in [1.54, 1.807) is 24.3 Å². The van der Waals surface area contributed by atoms with Crippen LogP contribution in [0.5, 0.6) is 11.5 Å². The highest BCUT2D eigenvalue weighted by molar-refractivity contribution is 6.04. The molecule has 3 rings (SSSR count). The fraction of sp³-hybridized carbons (Fsp3) is 0.300. The van der Waals surface area contributed by atoms with Gasteiger partial charge in [0.2, 0.25) is 0 Å². The second-order valence-electron chi connectivity index (χ2n) is 6.33. The molecule has 1 amide bonds. The quantitative estimate of drug-likeness (QED) is 0.770. The molecule has 142 valence electrons. The molecule has 1 aliphatic carbocycles. The van der Waals surface area contributed by atoms with E-state index in [9.17, 15) is 14.0 Å². The van der Waals surface area contributed by atoms with Crippen molar-refractivity contribution >= 4 is 17.6 Å². The molecule has 0 bridgehead atoms. The lowest BCUT2D eigenvalue weighted by atomic mass is 10.2. The summed E-state index contributed by atoms with van der Waals surface area (Å²) in [4.78, 5) is 22.9. The molecule has 1 saturated carbocycles. The SMILES string of the molecule is O=C(O)COc1cccc(C(=O)Nc2ccc(OC3CCCC3)c(F)c2)c1. The average molecular weight is 373 g/mol. The number of carboxylic acid groups (broad SMARTS) is 1. The first-order chi connectivity index (χ1) is 13.0. The highest BCUT2D eigenvalue weighted by Gasteiger charge is 2.18. The molecule has 27 heavy (non-hydrogen) atoms. The third kappa shape index (κ3) is 5.20. The Labute approximate surface area is 155 Å². The summed E-state index contributed by atoms with van der Waals surface area (Å²) >= 11 is 0. The molecule has 2 aromatic carbocycles. The summed E-state index contributed by atoms with van der Waals surface area (Å²) in [6.45, 7) is -0.501. The first-order valence-electron chi connectivity index (χ1n) is 8.73. The van der Waals surface area contributed by atoms with Crippen LogP contribution in [0.1, 0.15) is 36.0 Å². The van der Waals surface area contributed by atoms with Crippen LogP contribution >= 0.6 is 0 Å². The first-order valence-corrected chi connectivity index (χ1v) is 8.73. The lowest BCUT2D eigenvalue weighted by molar-refractivity contribution is -0.139. The molecular formula is C20H20FNO5. The van der Waals surface area contributed by atoms with Crippen molar-refractivity contribution in [3.05, 3.63) is 53.8 Å². The molecule has 0 spiro atoms. The van der Waals surface area contributed by atoms with Gasteiger partial charge in [0.15, 0.2) is 18.2 Å².